The van der Waals surface area contributed by atoms with Crippen molar-refractivity contribution in [2.75, 3.05) is 0 Å². The van der Waals surface area contributed by atoms with Crippen LogP contribution in [0.3, 0.4) is 0 Å². The van der Waals surface area contributed by atoms with Crippen LogP contribution in [-0.2, 0) is 6.54 Å². The van der Waals surface area contributed by atoms with Gasteiger partial charge >= 0.3 is 0 Å². The van der Waals surface area contributed by atoms with Crippen molar-refractivity contribution in [2.24, 2.45) is 0 Å². The summed E-state index contributed by atoms with van der Waals surface area (Å²) in [7, 11) is 0. The van der Waals surface area contributed by atoms with E-state index in [-0.39, 0.29) is 0 Å². The maximum absolute atomic E-state index is 15.4. The molecule has 0 aliphatic rings. The van der Waals surface area contributed by atoms with Crippen LogP contribution in [0.5, 0.6) is 0 Å². The Hall–Kier alpha value is -6.87. The topological polar surface area (TPSA) is 3.88 Å². The largest absolute Gasteiger partial charge is 0.212 e. The molecule has 0 radical (unpaired) electrons. The summed E-state index contributed by atoms with van der Waals surface area (Å²) in [5.41, 5.74) is -9.22. The quantitative estimate of drug-likeness (QED) is 0.0493. The Morgan fingerprint density at radius 2 is 0.600 bits per heavy atom. The van der Waals surface area contributed by atoms with E-state index in [4.69, 9.17) is 0 Å². The van der Waals surface area contributed by atoms with Gasteiger partial charge in [-0.3, -0.25) is 0 Å². The Morgan fingerprint density at radius 3 is 0.908 bits per heavy atom. The molecule has 65 heavy (non-hydrogen) atoms. The van der Waals surface area contributed by atoms with Gasteiger partial charge in [0, 0.05) is 23.3 Å². The van der Waals surface area contributed by atoms with E-state index in [9.17, 15) is 52.7 Å². The summed E-state index contributed by atoms with van der Waals surface area (Å²) in [5.74, 6) is -71.4. The number of nitrogens with zero attached hydrogens (tertiary/aromatic N) is 1. The molecular formula is C43H18BF20N. The molecule has 1 nitrogen and oxygen atoms in total. The molecule has 0 bridgehead atoms. The van der Waals surface area contributed by atoms with Crippen molar-refractivity contribution in [3.05, 3.63) is 206 Å². The van der Waals surface area contributed by atoms with Crippen LogP contribution < -0.4 is 26.4 Å². The van der Waals surface area contributed by atoms with E-state index in [2.05, 4.69) is 90.5 Å². The number of halogens is 20. The van der Waals surface area contributed by atoms with Crippen LogP contribution in [0.4, 0.5) is 87.8 Å². The molecule has 0 atom stereocenters. The molecule has 7 rings (SSSR count). The maximum Gasteiger partial charge on any atom is 0.212 e. The summed E-state index contributed by atoms with van der Waals surface area (Å²) < 4.78 is 296. The van der Waals surface area contributed by atoms with Gasteiger partial charge in [-0.1, -0.05) is 48.0 Å². The van der Waals surface area contributed by atoms with Crippen LogP contribution in [0.1, 0.15) is 11.1 Å². The van der Waals surface area contributed by atoms with Crippen LogP contribution in [0, 0.1) is 123 Å². The van der Waals surface area contributed by atoms with Crippen LogP contribution in [0.15, 0.2) is 79.0 Å². The molecular weight excluding hydrogens is 921 g/mol. The normalized spacial score (nSPS) is 11.5. The molecule has 0 amide bonds. The number of benzene rings is 6. The SMILES string of the molecule is Cc1ccc(-c2cccc[n+]2Cc2ccccc2)cc1.Fc1c(F)c(F)c([B-](c2c(F)c(F)c(F)c(F)c2F)(c2c(F)c(F)c(F)c(F)c2F)c2c(F)c(F)c(F)c(F)c2F)c(F)c1F. The summed E-state index contributed by atoms with van der Waals surface area (Å²) in [6.45, 7) is 3.01. The second-order valence-electron chi connectivity index (χ2n) is 13.9. The predicted octanol–water partition coefficient (Wildman–Crippen LogP) is 9.84. The average molecular weight is 939 g/mol. The van der Waals surface area contributed by atoms with E-state index in [1.54, 1.807) is 0 Å². The van der Waals surface area contributed by atoms with Crippen molar-refractivity contribution in [2.45, 2.75) is 13.5 Å². The molecule has 0 fully saturated rings. The smallest absolute Gasteiger partial charge is 0.207 e. The number of aryl methyl sites for hydroxylation is 1. The van der Waals surface area contributed by atoms with Crippen molar-refractivity contribution >= 4 is 28.0 Å². The Labute approximate surface area is 351 Å². The fourth-order valence-electron chi connectivity index (χ4n) is 7.25. The van der Waals surface area contributed by atoms with Gasteiger partial charge in [-0.25, -0.2) is 87.8 Å². The zero-order valence-electron chi connectivity index (χ0n) is 31.8. The molecule has 0 aliphatic heterocycles. The highest BCUT2D eigenvalue weighted by atomic mass is 19.2. The van der Waals surface area contributed by atoms with Gasteiger partial charge in [-0.05, 0) is 25.1 Å². The van der Waals surface area contributed by atoms with Gasteiger partial charge in [-0.2, -0.15) is 4.57 Å². The molecule has 22 heteroatoms. The van der Waals surface area contributed by atoms with Crippen molar-refractivity contribution in [3.63, 3.8) is 0 Å². The van der Waals surface area contributed by atoms with Crippen molar-refractivity contribution in [1.29, 1.82) is 0 Å². The van der Waals surface area contributed by atoms with E-state index >= 15 is 35.1 Å². The molecule has 0 unspecified atom stereocenters. The summed E-state index contributed by atoms with van der Waals surface area (Å²) in [6, 6.07) is 25.6. The summed E-state index contributed by atoms with van der Waals surface area (Å²) in [6.07, 6.45) is -5.08. The zero-order chi connectivity index (χ0) is 48.1. The molecule has 338 valence electrons. The third-order valence-electron chi connectivity index (χ3n) is 10.2. The molecule has 7 aromatic rings. The Balaban J connectivity index is 0.000000289. The van der Waals surface area contributed by atoms with Crippen molar-refractivity contribution in [3.8, 4) is 11.3 Å². The number of pyridine rings is 1. The minimum atomic E-state index is -7.22. The molecule has 0 saturated heterocycles. The third-order valence-corrected chi connectivity index (χ3v) is 10.2. The highest BCUT2D eigenvalue weighted by Gasteiger charge is 2.52. The van der Waals surface area contributed by atoms with Gasteiger partial charge in [0.1, 0.15) is 52.7 Å². The van der Waals surface area contributed by atoms with Crippen molar-refractivity contribution < 1.29 is 92.4 Å². The highest BCUT2D eigenvalue weighted by molar-refractivity contribution is 7.20. The summed E-state index contributed by atoms with van der Waals surface area (Å²) >= 11 is 0. The minimum Gasteiger partial charge on any atom is -0.207 e. The molecule has 0 saturated carbocycles. The van der Waals surface area contributed by atoms with E-state index < -0.39 is 144 Å². The molecule has 0 N–H and O–H groups in total. The van der Waals surface area contributed by atoms with Gasteiger partial charge in [0.25, 0.3) is 0 Å². The first-order chi connectivity index (χ1) is 30.5. The van der Waals surface area contributed by atoms with Gasteiger partial charge in [0.15, 0.2) is 82.5 Å². The molecule has 0 spiro atoms. The molecule has 1 heterocycles. The second-order valence-corrected chi connectivity index (χ2v) is 13.9. The van der Waals surface area contributed by atoms with Gasteiger partial charge in [0.2, 0.25) is 5.69 Å². The minimum absolute atomic E-state index is 0.894. The summed E-state index contributed by atoms with van der Waals surface area (Å²) in [4.78, 5) is 0. The monoisotopic (exact) mass is 939 g/mol. The molecule has 1 aromatic heterocycles. The lowest BCUT2D eigenvalue weighted by atomic mass is 9.12. The first kappa shape index (κ1) is 47.6. The lowest BCUT2D eigenvalue weighted by Gasteiger charge is -2.44. The summed E-state index contributed by atoms with van der Waals surface area (Å²) in [5, 5.41) is 0. The lowest BCUT2D eigenvalue weighted by molar-refractivity contribution is -0.677. The fourth-order valence-corrected chi connectivity index (χ4v) is 7.25. The lowest BCUT2D eigenvalue weighted by Crippen LogP contribution is -2.81. The number of hydrogen-bond donors (Lipinski definition) is 0. The van der Waals surface area contributed by atoms with E-state index in [1.165, 1.54) is 22.4 Å². The Kier molecular flexibility index (Phi) is 13.2. The highest BCUT2D eigenvalue weighted by Crippen LogP contribution is 2.31. The first-order valence-corrected chi connectivity index (χ1v) is 17.9. The van der Waals surface area contributed by atoms with Crippen LogP contribution in [-0.4, -0.2) is 6.15 Å². The second kappa shape index (κ2) is 18.0. The van der Waals surface area contributed by atoms with Gasteiger partial charge < -0.3 is 0 Å². The zero-order valence-corrected chi connectivity index (χ0v) is 31.8. The predicted molar refractivity (Wildman–Crippen MR) is 192 cm³/mol. The fraction of sp³-hybridized carbons (Fsp3) is 0.0465. The number of rotatable bonds is 7. The average Bonchev–Trinajstić information content (AvgIpc) is 3.30. The maximum atomic E-state index is 15.4. The number of hydrogen-bond acceptors (Lipinski definition) is 0. The first-order valence-electron chi connectivity index (χ1n) is 17.9. The van der Waals surface area contributed by atoms with Crippen LogP contribution >= 0.6 is 0 Å². The van der Waals surface area contributed by atoms with Crippen LogP contribution in [0.2, 0.25) is 0 Å². The van der Waals surface area contributed by atoms with Crippen LogP contribution in [0.25, 0.3) is 11.3 Å². The van der Waals surface area contributed by atoms with Gasteiger partial charge in [-0.15, -0.1) is 21.9 Å². The molecule has 0 aliphatic carbocycles. The van der Waals surface area contributed by atoms with Gasteiger partial charge in [0.05, 0.1) is 0 Å². The van der Waals surface area contributed by atoms with E-state index in [0.29, 0.717) is 0 Å². The van der Waals surface area contributed by atoms with Crippen molar-refractivity contribution in [1.82, 2.24) is 0 Å². The Bertz CT molecular complexity index is 2630. The van der Waals surface area contributed by atoms with E-state index in [0.717, 1.165) is 6.54 Å². The Morgan fingerprint density at radius 1 is 0.323 bits per heavy atom. The third kappa shape index (κ3) is 7.71. The van der Waals surface area contributed by atoms with E-state index in [1.807, 2.05) is 0 Å². The molecule has 6 aromatic carbocycles. The standard InChI is InChI=1S/C24BF20.C19H18N/c26-5-1(6(27)14(35)21(42)13(5)34)25(2-7(28)15(36)22(43)16(37)8(2)29,3-9(30)17(38)23(44)18(39)10(3)31)4-11(32)19(40)24(45)20(41)12(4)33;1-16-10-12-18(13-11-16)19-9-5-6-14-20(19)15-17-7-3-2-4-8-17/h;2-14H,15H2,1H3/q-1;+1. The number of aromatic nitrogens is 1.